The summed E-state index contributed by atoms with van der Waals surface area (Å²) in [5.74, 6) is -1.85. The number of aliphatic hydroxyl groups is 1. The zero-order valence-electron chi connectivity index (χ0n) is 10.3. The maximum Gasteiger partial charge on any atom is 0.334 e. The lowest BCUT2D eigenvalue weighted by Crippen LogP contribution is -2.36. The second-order valence-electron chi connectivity index (χ2n) is 4.11. The molecule has 8 nitrogen and oxygen atoms in total. The summed E-state index contributed by atoms with van der Waals surface area (Å²) >= 11 is 0. The molecule has 0 spiro atoms. The molecule has 1 aromatic rings. The predicted octanol–water partition coefficient (Wildman–Crippen LogP) is -0.807. The highest BCUT2D eigenvalue weighted by molar-refractivity contribution is 5.99. The van der Waals surface area contributed by atoms with Crippen LogP contribution >= 0.6 is 0 Å². The Hall–Kier alpha value is -2.61. The number of ether oxygens (including phenoxy) is 1. The number of fused-ring (bicyclic) bond motifs is 1. The molecule has 0 bridgehead atoms. The lowest BCUT2D eigenvalue weighted by molar-refractivity contribution is -0.146. The Labute approximate surface area is 113 Å². The molecular formula is C12H12N2O6. The van der Waals surface area contributed by atoms with Crippen LogP contribution in [-0.4, -0.2) is 47.3 Å². The van der Waals surface area contributed by atoms with Gasteiger partial charge in [-0.25, -0.2) is 4.79 Å². The van der Waals surface area contributed by atoms with E-state index < -0.39 is 24.5 Å². The molecule has 20 heavy (non-hydrogen) atoms. The first-order valence-electron chi connectivity index (χ1n) is 5.73. The fourth-order valence-corrected chi connectivity index (χ4v) is 1.60. The third kappa shape index (κ3) is 3.04. The second kappa shape index (κ2) is 5.57. The van der Waals surface area contributed by atoms with Crippen molar-refractivity contribution < 1.29 is 29.3 Å². The molecule has 0 aromatic heterocycles. The molecule has 1 atom stereocenters. The molecule has 1 aliphatic rings. The average molecular weight is 280 g/mol. The van der Waals surface area contributed by atoms with E-state index >= 15 is 0 Å². The Balaban J connectivity index is 2.05. The van der Waals surface area contributed by atoms with Crippen molar-refractivity contribution >= 4 is 23.5 Å². The molecule has 2 rings (SSSR count). The number of amides is 2. The number of aliphatic hydroxyl groups excluding tert-OH is 1. The van der Waals surface area contributed by atoms with Crippen molar-refractivity contribution in [1.82, 2.24) is 5.32 Å². The molecule has 0 saturated carbocycles. The first-order chi connectivity index (χ1) is 9.47. The standard InChI is InChI=1S/C12H12N2O6/c15-8(12(18)19)4-13-11(17)6-1-2-9-7(3-6)14-10(16)5-20-9/h1-3,8,15H,4-5H2,(H,13,17)(H,14,16)(H,18,19)/t8-/m0/s1. The van der Waals surface area contributed by atoms with Crippen LogP contribution < -0.4 is 15.4 Å². The van der Waals surface area contributed by atoms with Crippen molar-refractivity contribution in [2.45, 2.75) is 6.10 Å². The zero-order valence-corrected chi connectivity index (χ0v) is 10.3. The number of benzene rings is 1. The van der Waals surface area contributed by atoms with E-state index in [9.17, 15) is 14.4 Å². The number of nitrogens with one attached hydrogen (secondary N) is 2. The van der Waals surface area contributed by atoms with Crippen LogP contribution in [0.3, 0.4) is 0 Å². The fraction of sp³-hybridized carbons (Fsp3) is 0.250. The molecule has 1 aromatic carbocycles. The SMILES string of the molecule is O=C1COc2ccc(C(=O)NC[C@H](O)C(=O)O)cc2N1. The van der Waals surface area contributed by atoms with Gasteiger partial charge in [-0.2, -0.15) is 0 Å². The van der Waals surface area contributed by atoms with Gasteiger partial charge in [0.1, 0.15) is 5.75 Å². The number of anilines is 1. The normalized spacial score (nSPS) is 14.6. The highest BCUT2D eigenvalue weighted by Gasteiger charge is 2.19. The van der Waals surface area contributed by atoms with Crippen LogP contribution in [0.2, 0.25) is 0 Å². The quantitative estimate of drug-likeness (QED) is 0.572. The average Bonchev–Trinajstić information content (AvgIpc) is 2.43. The van der Waals surface area contributed by atoms with Crippen LogP contribution in [0.15, 0.2) is 18.2 Å². The van der Waals surface area contributed by atoms with Gasteiger partial charge in [-0.3, -0.25) is 9.59 Å². The van der Waals surface area contributed by atoms with Crippen molar-refractivity contribution in [2.75, 3.05) is 18.5 Å². The van der Waals surface area contributed by atoms with Crippen LogP contribution in [0.4, 0.5) is 5.69 Å². The predicted molar refractivity (Wildman–Crippen MR) is 66.5 cm³/mol. The Morgan fingerprint density at radius 3 is 2.90 bits per heavy atom. The van der Waals surface area contributed by atoms with E-state index in [1.54, 1.807) is 0 Å². The van der Waals surface area contributed by atoms with Gasteiger partial charge in [0.05, 0.1) is 12.2 Å². The second-order valence-corrected chi connectivity index (χ2v) is 4.11. The fourth-order valence-electron chi connectivity index (χ4n) is 1.60. The Bertz CT molecular complexity index is 571. The first-order valence-corrected chi connectivity index (χ1v) is 5.73. The first kappa shape index (κ1) is 13.8. The maximum absolute atomic E-state index is 11.8. The van der Waals surface area contributed by atoms with Crippen molar-refractivity contribution in [2.24, 2.45) is 0 Å². The number of carboxylic acids is 1. The molecule has 1 aliphatic heterocycles. The van der Waals surface area contributed by atoms with Crippen LogP contribution in [0.5, 0.6) is 5.75 Å². The van der Waals surface area contributed by atoms with Gasteiger partial charge in [0, 0.05) is 5.56 Å². The summed E-state index contributed by atoms with van der Waals surface area (Å²) in [7, 11) is 0. The molecule has 0 radical (unpaired) electrons. The minimum absolute atomic E-state index is 0.0800. The minimum atomic E-state index is -1.67. The van der Waals surface area contributed by atoms with Crippen LogP contribution in [-0.2, 0) is 9.59 Å². The molecule has 2 amide bonds. The summed E-state index contributed by atoms with van der Waals surface area (Å²) in [4.78, 5) is 33.3. The monoisotopic (exact) mass is 280 g/mol. The van der Waals surface area contributed by atoms with E-state index in [1.807, 2.05) is 0 Å². The van der Waals surface area contributed by atoms with Crippen molar-refractivity contribution in [3.8, 4) is 5.75 Å². The summed E-state index contributed by atoms with van der Waals surface area (Å²) in [5.41, 5.74) is 0.583. The third-order valence-electron chi connectivity index (χ3n) is 2.62. The summed E-state index contributed by atoms with van der Waals surface area (Å²) in [5, 5.41) is 22.4. The molecule has 0 saturated heterocycles. The number of rotatable bonds is 4. The molecule has 4 N–H and O–H groups in total. The molecule has 0 unspecified atom stereocenters. The summed E-state index contributed by atoms with van der Waals surface area (Å²) in [6.07, 6.45) is -1.67. The van der Waals surface area contributed by atoms with Crippen LogP contribution in [0, 0.1) is 0 Å². The van der Waals surface area contributed by atoms with Crippen molar-refractivity contribution in [3.05, 3.63) is 23.8 Å². The van der Waals surface area contributed by atoms with E-state index in [0.29, 0.717) is 11.4 Å². The molecule has 1 heterocycles. The van der Waals surface area contributed by atoms with Crippen molar-refractivity contribution in [3.63, 3.8) is 0 Å². The summed E-state index contributed by atoms with van der Waals surface area (Å²) < 4.78 is 5.14. The van der Waals surface area contributed by atoms with Gasteiger partial charge in [0.15, 0.2) is 12.7 Å². The topological polar surface area (TPSA) is 125 Å². The van der Waals surface area contributed by atoms with Crippen LogP contribution in [0.25, 0.3) is 0 Å². The largest absolute Gasteiger partial charge is 0.482 e. The molecule has 106 valence electrons. The van der Waals surface area contributed by atoms with E-state index in [2.05, 4.69) is 10.6 Å². The van der Waals surface area contributed by atoms with E-state index in [1.165, 1.54) is 18.2 Å². The summed E-state index contributed by atoms with van der Waals surface area (Å²) in [6.45, 7) is -0.489. The Morgan fingerprint density at radius 1 is 1.45 bits per heavy atom. The van der Waals surface area contributed by atoms with Gasteiger partial charge >= 0.3 is 5.97 Å². The van der Waals surface area contributed by atoms with Crippen LogP contribution in [0.1, 0.15) is 10.4 Å². The zero-order chi connectivity index (χ0) is 14.7. The molecule has 0 fully saturated rings. The van der Waals surface area contributed by atoms with Crippen molar-refractivity contribution in [1.29, 1.82) is 0 Å². The van der Waals surface area contributed by atoms with E-state index in [0.717, 1.165) is 0 Å². The van der Waals surface area contributed by atoms with E-state index in [-0.39, 0.29) is 18.1 Å². The van der Waals surface area contributed by atoms with Gasteiger partial charge in [0.2, 0.25) is 0 Å². The maximum atomic E-state index is 11.8. The smallest absolute Gasteiger partial charge is 0.334 e. The third-order valence-corrected chi connectivity index (χ3v) is 2.62. The number of carboxylic acid groups (broad SMARTS) is 1. The highest BCUT2D eigenvalue weighted by atomic mass is 16.5. The minimum Gasteiger partial charge on any atom is -0.482 e. The molecule has 8 heteroatoms. The number of hydrogen-bond acceptors (Lipinski definition) is 5. The van der Waals surface area contributed by atoms with E-state index in [4.69, 9.17) is 14.9 Å². The van der Waals surface area contributed by atoms with Gasteiger partial charge in [-0.1, -0.05) is 0 Å². The van der Waals surface area contributed by atoms with Gasteiger partial charge in [-0.15, -0.1) is 0 Å². The molecule has 0 aliphatic carbocycles. The number of carbonyl (C=O) groups is 3. The molecular weight excluding hydrogens is 268 g/mol. The summed E-state index contributed by atoms with van der Waals surface area (Å²) in [6, 6.07) is 4.41. The number of hydrogen-bond donors (Lipinski definition) is 4. The van der Waals surface area contributed by atoms with Gasteiger partial charge < -0.3 is 25.6 Å². The van der Waals surface area contributed by atoms with Gasteiger partial charge in [0.25, 0.3) is 11.8 Å². The highest BCUT2D eigenvalue weighted by Crippen LogP contribution is 2.28. The lowest BCUT2D eigenvalue weighted by Gasteiger charge is -2.18. The number of aliphatic carboxylic acids is 1. The number of carbonyl (C=O) groups excluding carboxylic acids is 2. The Kier molecular flexibility index (Phi) is 3.85. The lowest BCUT2D eigenvalue weighted by atomic mass is 10.1. The van der Waals surface area contributed by atoms with Gasteiger partial charge in [-0.05, 0) is 18.2 Å². The Morgan fingerprint density at radius 2 is 2.20 bits per heavy atom.